The molecule has 6 nitrogen and oxygen atoms in total. The van der Waals surface area contributed by atoms with E-state index in [-0.39, 0.29) is 0 Å². The number of aromatic nitrogens is 4. The number of hydrogen-bond donors (Lipinski definition) is 2. The van der Waals surface area contributed by atoms with Crippen molar-refractivity contribution in [2.24, 2.45) is 0 Å². The van der Waals surface area contributed by atoms with Crippen LogP contribution in [0.3, 0.4) is 0 Å². The van der Waals surface area contributed by atoms with Crippen molar-refractivity contribution in [2.45, 2.75) is 6.92 Å². The van der Waals surface area contributed by atoms with Gasteiger partial charge in [-0.05, 0) is 6.92 Å². The van der Waals surface area contributed by atoms with Crippen molar-refractivity contribution in [3.8, 4) is 0 Å². The lowest BCUT2D eigenvalue weighted by Crippen LogP contribution is -2.02. The Labute approximate surface area is 67.8 Å². The summed E-state index contributed by atoms with van der Waals surface area (Å²) in [7, 11) is 0. The van der Waals surface area contributed by atoms with E-state index in [9.17, 15) is 0 Å². The first kappa shape index (κ1) is 6.99. The molecule has 2 aromatic rings. The highest BCUT2D eigenvalue weighted by molar-refractivity contribution is 5.42. The predicted molar refractivity (Wildman–Crippen MR) is 40.9 cm³/mol. The third kappa shape index (κ3) is 0.892. The molecule has 2 heterocycles. The van der Waals surface area contributed by atoms with Crippen LogP contribution in [0, 0.1) is 6.92 Å². The van der Waals surface area contributed by atoms with Crippen LogP contribution in [0.25, 0.3) is 5.78 Å². The molecule has 0 aliphatic carbocycles. The summed E-state index contributed by atoms with van der Waals surface area (Å²) in [5, 5.41) is 12.6. The Bertz CT molecular complexity index is 409. The first-order valence-electron chi connectivity index (χ1n) is 3.39. The molecule has 62 valence electrons. The van der Waals surface area contributed by atoms with Gasteiger partial charge in [0.1, 0.15) is 6.33 Å². The Morgan fingerprint density at radius 1 is 1.58 bits per heavy atom. The molecule has 0 saturated heterocycles. The standard InChI is InChI=1S/C6H7N5O/c1-4-2-5(10-12)11-6(9-4)7-3-8-11/h2-3,10,12H,1H3. The smallest absolute Gasteiger partial charge is 0.254 e. The lowest BCUT2D eigenvalue weighted by atomic mass is 10.4. The summed E-state index contributed by atoms with van der Waals surface area (Å²) < 4.78 is 1.41. The summed E-state index contributed by atoms with van der Waals surface area (Å²) in [6, 6.07) is 1.67. The average molecular weight is 165 g/mol. The topological polar surface area (TPSA) is 75.3 Å². The van der Waals surface area contributed by atoms with Crippen LogP contribution < -0.4 is 5.48 Å². The van der Waals surface area contributed by atoms with E-state index in [1.54, 1.807) is 6.07 Å². The van der Waals surface area contributed by atoms with Crippen molar-refractivity contribution in [1.29, 1.82) is 0 Å². The molecule has 0 aliphatic rings. The van der Waals surface area contributed by atoms with Crippen molar-refractivity contribution in [3.05, 3.63) is 18.1 Å². The van der Waals surface area contributed by atoms with Crippen LogP contribution >= 0.6 is 0 Å². The summed E-state index contributed by atoms with van der Waals surface area (Å²) in [6.07, 6.45) is 1.38. The summed E-state index contributed by atoms with van der Waals surface area (Å²) in [5.74, 6) is 0.918. The van der Waals surface area contributed by atoms with E-state index < -0.39 is 0 Å². The van der Waals surface area contributed by atoms with E-state index in [0.717, 1.165) is 5.69 Å². The number of fused-ring (bicyclic) bond motifs is 1. The number of anilines is 1. The second kappa shape index (κ2) is 2.42. The molecular formula is C6H7N5O. The second-order valence-corrected chi connectivity index (χ2v) is 2.37. The van der Waals surface area contributed by atoms with Crippen molar-refractivity contribution in [1.82, 2.24) is 19.6 Å². The minimum atomic E-state index is 0.454. The highest BCUT2D eigenvalue weighted by Gasteiger charge is 2.02. The van der Waals surface area contributed by atoms with Gasteiger partial charge in [-0.2, -0.15) is 14.6 Å². The van der Waals surface area contributed by atoms with Gasteiger partial charge in [0.05, 0.1) is 0 Å². The average Bonchev–Trinajstić information content (AvgIpc) is 2.50. The van der Waals surface area contributed by atoms with E-state index in [0.29, 0.717) is 11.6 Å². The Morgan fingerprint density at radius 2 is 2.42 bits per heavy atom. The van der Waals surface area contributed by atoms with Gasteiger partial charge in [0.2, 0.25) is 0 Å². The summed E-state index contributed by atoms with van der Waals surface area (Å²) in [5.41, 5.74) is 2.79. The fourth-order valence-corrected chi connectivity index (χ4v) is 1.01. The third-order valence-corrected chi connectivity index (χ3v) is 1.49. The van der Waals surface area contributed by atoms with Crippen LogP contribution in [-0.2, 0) is 0 Å². The van der Waals surface area contributed by atoms with Gasteiger partial charge in [-0.25, -0.2) is 4.98 Å². The molecule has 0 aliphatic heterocycles. The zero-order chi connectivity index (χ0) is 8.55. The van der Waals surface area contributed by atoms with Crippen LogP contribution in [0.4, 0.5) is 5.82 Å². The maximum Gasteiger partial charge on any atom is 0.254 e. The van der Waals surface area contributed by atoms with E-state index in [1.807, 2.05) is 12.4 Å². The van der Waals surface area contributed by atoms with Crippen LogP contribution in [0.1, 0.15) is 5.69 Å². The monoisotopic (exact) mass is 165 g/mol. The number of aryl methyl sites for hydroxylation is 1. The van der Waals surface area contributed by atoms with Gasteiger partial charge >= 0.3 is 0 Å². The Kier molecular flexibility index (Phi) is 1.41. The maximum atomic E-state index is 8.71. The third-order valence-electron chi connectivity index (χ3n) is 1.49. The number of hydrogen-bond acceptors (Lipinski definition) is 5. The van der Waals surface area contributed by atoms with Crippen LogP contribution in [0.15, 0.2) is 12.4 Å². The van der Waals surface area contributed by atoms with E-state index in [4.69, 9.17) is 5.21 Å². The van der Waals surface area contributed by atoms with Gasteiger partial charge in [0.15, 0.2) is 5.82 Å². The molecule has 0 spiro atoms. The molecule has 2 aromatic heterocycles. The van der Waals surface area contributed by atoms with Gasteiger partial charge in [-0.3, -0.25) is 10.7 Å². The van der Waals surface area contributed by atoms with Gasteiger partial charge in [-0.1, -0.05) is 0 Å². The van der Waals surface area contributed by atoms with Crippen LogP contribution in [0.5, 0.6) is 0 Å². The molecule has 6 heteroatoms. The lowest BCUT2D eigenvalue weighted by Gasteiger charge is -2.01. The first-order valence-corrected chi connectivity index (χ1v) is 3.39. The molecule has 0 atom stereocenters. The Balaban J connectivity index is 2.80. The Morgan fingerprint density at radius 3 is 3.17 bits per heavy atom. The highest BCUT2D eigenvalue weighted by atomic mass is 16.5. The molecule has 0 bridgehead atoms. The van der Waals surface area contributed by atoms with Gasteiger partial charge < -0.3 is 0 Å². The van der Waals surface area contributed by atoms with Crippen molar-refractivity contribution >= 4 is 11.6 Å². The zero-order valence-electron chi connectivity index (χ0n) is 6.39. The summed E-state index contributed by atoms with van der Waals surface area (Å²) in [6.45, 7) is 1.82. The largest absolute Gasteiger partial charge is 0.290 e. The van der Waals surface area contributed by atoms with E-state index in [1.165, 1.54) is 10.8 Å². The van der Waals surface area contributed by atoms with Gasteiger partial charge in [-0.15, -0.1) is 0 Å². The lowest BCUT2D eigenvalue weighted by molar-refractivity contribution is 0.383. The van der Waals surface area contributed by atoms with Crippen LogP contribution in [-0.4, -0.2) is 24.8 Å². The fourth-order valence-electron chi connectivity index (χ4n) is 1.01. The van der Waals surface area contributed by atoms with Gasteiger partial charge in [0.25, 0.3) is 5.78 Å². The first-order chi connectivity index (χ1) is 5.81. The maximum absolute atomic E-state index is 8.71. The molecular weight excluding hydrogens is 158 g/mol. The molecule has 0 saturated carbocycles. The molecule has 12 heavy (non-hydrogen) atoms. The number of nitrogens with zero attached hydrogens (tertiary/aromatic N) is 4. The SMILES string of the molecule is Cc1cc(NO)n2ncnc2n1. The molecule has 2 N–H and O–H groups in total. The highest BCUT2D eigenvalue weighted by Crippen LogP contribution is 2.07. The molecule has 2 rings (SSSR count). The molecule has 0 fully saturated rings. The van der Waals surface area contributed by atoms with Crippen LogP contribution in [0.2, 0.25) is 0 Å². The molecule has 0 amide bonds. The number of rotatable bonds is 1. The molecule has 0 radical (unpaired) electrons. The van der Waals surface area contributed by atoms with Gasteiger partial charge in [0, 0.05) is 11.8 Å². The Hall–Kier alpha value is -1.69. The van der Waals surface area contributed by atoms with Crippen molar-refractivity contribution < 1.29 is 5.21 Å². The normalized spacial score (nSPS) is 10.5. The van der Waals surface area contributed by atoms with Crippen molar-refractivity contribution in [2.75, 3.05) is 5.48 Å². The summed E-state index contributed by atoms with van der Waals surface area (Å²) in [4.78, 5) is 7.96. The van der Waals surface area contributed by atoms with Crippen molar-refractivity contribution in [3.63, 3.8) is 0 Å². The molecule has 0 unspecified atom stereocenters. The minimum Gasteiger partial charge on any atom is -0.290 e. The molecule has 0 aromatic carbocycles. The summed E-state index contributed by atoms with van der Waals surface area (Å²) >= 11 is 0. The van der Waals surface area contributed by atoms with E-state index >= 15 is 0 Å². The predicted octanol–water partition coefficient (Wildman–Crippen LogP) is 0.234. The minimum absolute atomic E-state index is 0.454. The second-order valence-electron chi connectivity index (χ2n) is 2.37. The zero-order valence-corrected chi connectivity index (χ0v) is 6.39. The van der Waals surface area contributed by atoms with E-state index in [2.05, 4.69) is 15.1 Å². The fraction of sp³-hybridized carbons (Fsp3) is 0.167. The quantitative estimate of drug-likeness (QED) is 0.592. The number of nitrogens with one attached hydrogen (secondary N) is 1.